The number of rotatable bonds is 7. The highest BCUT2D eigenvalue weighted by Gasteiger charge is 2.23. The molecule has 0 bridgehead atoms. The van der Waals surface area contributed by atoms with Crippen molar-refractivity contribution in [2.45, 2.75) is 12.5 Å². The molecule has 176 valence electrons. The third-order valence-corrected chi connectivity index (χ3v) is 5.74. The Morgan fingerprint density at radius 3 is 2.88 bits per heavy atom. The highest BCUT2D eigenvalue weighted by Crippen LogP contribution is 2.36. The summed E-state index contributed by atoms with van der Waals surface area (Å²) in [5, 5.41) is 6.62. The first-order valence-corrected chi connectivity index (χ1v) is 11.0. The van der Waals surface area contributed by atoms with Crippen LogP contribution in [-0.2, 0) is 11.8 Å². The van der Waals surface area contributed by atoms with Crippen LogP contribution < -0.4 is 20.1 Å². The summed E-state index contributed by atoms with van der Waals surface area (Å²) in [6, 6.07) is 7.16. The molecule has 0 radical (unpaired) electrons. The summed E-state index contributed by atoms with van der Waals surface area (Å²) < 4.78 is 19.3. The lowest BCUT2D eigenvalue weighted by molar-refractivity contribution is 0.0963. The van der Waals surface area contributed by atoms with Crippen molar-refractivity contribution < 1.29 is 19.0 Å². The SMILES string of the molecule is CNC(=O)c1ccc(Nc2nc(O[C@H]3CCOC3)c3c(-c4ccn(C)c4)c[nH]c3n2)c(OC)c1. The molecular weight excluding hydrogens is 436 g/mol. The lowest BCUT2D eigenvalue weighted by Crippen LogP contribution is -2.18. The number of carbonyl (C=O) groups is 1. The van der Waals surface area contributed by atoms with Crippen molar-refractivity contribution in [2.75, 3.05) is 32.7 Å². The van der Waals surface area contributed by atoms with Crippen molar-refractivity contribution in [2.24, 2.45) is 7.05 Å². The van der Waals surface area contributed by atoms with Gasteiger partial charge in [0.2, 0.25) is 11.8 Å². The second kappa shape index (κ2) is 9.06. The van der Waals surface area contributed by atoms with E-state index in [9.17, 15) is 4.79 Å². The van der Waals surface area contributed by atoms with Gasteiger partial charge in [0, 0.05) is 55.8 Å². The second-order valence-electron chi connectivity index (χ2n) is 8.07. The Balaban J connectivity index is 1.55. The quantitative estimate of drug-likeness (QED) is 0.386. The fourth-order valence-corrected chi connectivity index (χ4v) is 4.00. The molecule has 0 spiro atoms. The summed E-state index contributed by atoms with van der Waals surface area (Å²) in [5.74, 6) is 1.11. The van der Waals surface area contributed by atoms with Crippen molar-refractivity contribution in [1.29, 1.82) is 0 Å². The molecule has 1 amide bonds. The maximum atomic E-state index is 12.0. The van der Waals surface area contributed by atoms with E-state index in [0.29, 0.717) is 47.7 Å². The fraction of sp³-hybridized carbons (Fsp3) is 0.292. The number of nitrogens with zero attached hydrogens (tertiary/aromatic N) is 3. The van der Waals surface area contributed by atoms with Crippen LogP contribution in [-0.4, -0.2) is 58.9 Å². The van der Waals surface area contributed by atoms with Crippen LogP contribution in [0.15, 0.2) is 42.9 Å². The molecule has 0 unspecified atom stereocenters. The molecule has 0 saturated carbocycles. The monoisotopic (exact) mass is 462 g/mol. The number of carbonyl (C=O) groups excluding carboxylic acids is 1. The number of aryl methyl sites for hydroxylation is 1. The first-order valence-electron chi connectivity index (χ1n) is 11.0. The van der Waals surface area contributed by atoms with Gasteiger partial charge >= 0.3 is 0 Å². The number of H-pyrrole nitrogens is 1. The van der Waals surface area contributed by atoms with E-state index in [2.05, 4.69) is 20.6 Å². The number of anilines is 2. The van der Waals surface area contributed by atoms with E-state index in [1.807, 2.05) is 36.3 Å². The Hall–Kier alpha value is -4.05. The van der Waals surface area contributed by atoms with Crippen molar-refractivity contribution >= 4 is 28.6 Å². The number of benzene rings is 1. The molecule has 4 aromatic rings. The van der Waals surface area contributed by atoms with Gasteiger partial charge in [-0.3, -0.25) is 4.79 Å². The number of aromatic amines is 1. The van der Waals surface area contributed by atoms with E-state index in [1.54, 1.807) is 32.4 Å². The maximum absolute atomic E-state index is 12.0. The van der Waals surface area contributed by atoms with Crippen LogP contribution in [0.5, 0.6) is 11.6 Å². The largest absolute Gasteiger partial charge is 0.495 e. The molecule has 1 aliphatic rings. The number of amides is 1. The summed E-state index contributed by atoms with van der Waals surface area (Å²) >= 11 is 0. The molecule has 5 rings (SSSR count). The molecule has 1 aliphatic heterocycles. The summed E-state index contributed by atoms with van der Waals surface area (Å²) in [7, 11) is 5.11. The molecule has 3 aromatic heterocycles. The van der Waals surface area contributed by atoms with Crippen LogP contribution in [0.3, 0.4) is 0 Å². The van der Waals surface area contributed by atoms with Crippen molar-refractivity contribution in [1.82, 2.24) is 24.8 Å². The third kappa shape index (κ3) is 4.15. The Bertz CT molecular complexity index is 1340. The molecule has 34 heavy (non-hydrogen) atoms. The van der Waals surface area contributed by atoms with Crippen LogP contribution in [0, 0.1) is 0 Å². The standard InChI is InChI=1S/C24H26N6O4/c1-25-22(31)14-4-5-18(19(10-14)32-3)27-24-28-21-20(23(29-24)34-16-7-9-33-13-16)17(11-26-21)15-6-8-30(2)12-15/h4-6,8,10-12,16H,7,9,13H2,1-3H3,(H,25,31)(H2,26,27,28,29)/t16-/m0/s1. The average molecular weight is 463 g/mol. The summed E-state index contributed by atoms with van der Waals surface area (Å²) in [6.07, 6.45) is 6.66. The Morgan fingerprint density at radius 1 is 1.29 bits per heavy atom. The van der Waals surface area contributed by atoms with Crippen LogP contribution in [0.25, 0.3) is 22.2 Å². The molecule has 0 aliphatic carbocycles. The Labute approximate surface area is 196 Å². The highest BCUT2D eigenvalue weighted by atomic mass is 16.5. The molecule has 4 heterocycles. The molecule has 1 atom stereocenters. The summed E-state index contributed by atoms with van der Waals surface area (Å²) in [5.41, 5.74) is 3.76. The van der Waals surface area contributed by atoms with Gasteiger partial charge in [-0.15, -0.1) is 0 Å². The van der Waals surface area contributed by atoms with E-state index in [-0.39, 0.29) is 12.0 Å². The number of aromatic nitrogens is 4. The lowest BCUT2D eigenvalue weighted by Gasteiger charge is -2.15. The van der Waals surface area contributed by atoms with Gasteiger partial charge < -0.3 is 34.4 Å². The summed E-state index contributed by atoms with van der Waals surface area (Å²) in [4.78, 5) is 24.6. The number of methoxy groups -OCH3 is 1. The minimum absolute atomic E-state index is 0.0779. The predicted molar refractivity (Wildman–Crippen MR) is 128 cm³/mol. The van der Waals surface area contributed by atoms with Crippen molar-refractivity contribution in [3.05, 3.63) is 48.4 Å². The molecule has 1 aromatic carbocycles. The maximum Gasteiger partial charge on any atom is 0.251 e. The number of hydrogen-bond donors (Lipinski definition) is 3. The van der Waals surface area contributed by atoms with Crippen LogP contribution >= 0.6 is 0 Å². The van der Waals surface area contributed by atoms with Gasteiger partial charge in [-0.05, 0) is 24.3 Å². The van der Waals surface area contributed by atoms with Gasteiger partial charge in [0.25, 0.3) is 5.91 Å². The molecule has 10 nitrogen and oxygen atoms in total. The highest BCUT2D eigenvalue weighted by molar-refractivity contribution is 5.98. The molecule has 1 saturated heterocycles. The zero-order valence-electron chi connectivity index (χ0n) is 19.2. The first-order chi connectivity index (χ1) is 16.6. The minimum Gasteiger partial charge on any atom is -0.495 e. The van der Waals surface area contributed by atoms with Crippen molar-refractivity contribution in [3.8, 4) is 22.8 Å². The number of hydrogen-bond acceptors (Lipinski definition) is 7. The normalized spacial score (nSPS) is 15.4. The van der Waals surface area contributed by atoms with Crippen LogP contribution in [0.1, 0.15) is 16.8 Å². The van der Waals surface area contributed by atoms with E-state index < -0.39 is 0 Å². The van der Waals surface area contributed by atoms with Gasteiger partial charge in [-0.25, -0.2) is 0 Å². The number of fused-ring (bicyclic) bond motifs is 1. The van der Waals surface area contributed by atoms with E-state index in [4.69, 9.17) is 19.2 Å². The van der Waals surface area contributed by atoms with Gasteiger partial charge in [0.05, 0.1) is 31.4 Å². The topological polar surface area (TPSA) is 115 Å². The molecule has 1 fully saturated rings. The van der Waals surface area contributed by atoms with E-state index in [1.165, 1.54) is 0 Å². The Kier molecular flexibility index (Phi) is 5.81. The summed E-state index contributed by atoms with van der Waals surface area (Å²) in [6.45, 7) is 1.19. The lowest BCUT2D eigenvalue weighted by atomic mass is 10.1. The van der Waals surface area contributed by atoms with Gasteiger partial charge in [-0.1, -0.05) is 0 Å². The predicted octanol–water partition coefficient (Wildman–Crippen LogP) is 3.24. The third-order valence-electron chi connectivity index (χ3n) is 5.74. The molecule has 3 N–H and O–H groups in total. The average Bonchev–Trinajstić information content (AvgIpc) is 3.60. The van der Waals surface area contributed by atoms with Crippen LogP contribution in [0.4, 0.5) is 11.6 Å². The zero-order chi connectivity index (χ0) is 23.7. The fourth-order valence-electron chi connectivity index (χ4n) is 4.00. The minimum atomic E-state index is -0.197. The van der Waals surface area contributed by atoms with E-state index in [0.717, 1.165) is 22.9 Å². The Morgan fingerprint density at radius 2 is 2.18 bits per heavy atom. The van der Waals surface area contributed by atoms with Crippen molar-refractivity contribution in [3.63, 3.8) is 0 Å². The number of nitrogens with one attached hydrogen (secondary N) is 3. The van der Waals surface area contributed by atoms with Gasteiger partial charge in [0.15, 0.2) is 0 Å². The van der Waals surface area contributed by atoms with Gasteiger partial charge in [0.1, 0.15) is 17.5 Å². The molecular formula is C24H26N6O4. The smallest absolute Gasteiger partial charge is 0.251 e. The number of ether oxygens (including phenoxy) is 3. The zero-order valence-corrected chi connectivity index (χ0v) is 19.2. The van der Waals surface area contributed by atoms with E-state index >= 15 is 0 Å². The van der Waals surface area contributed by atoms with Crippen LogP contribution in [0.2, 0.25) is 0 Å². The molecule has 10 heteroatoms. The van der Waals surface area contributed by atoms with Gasteiger partial charge in [-0.2, -0.15) is 9.97 Å². The second-order valence-corrected chi connectivity index (χ2v) is 8.07. The first kappa shape index (κ1) is 21.8.